The van der Waals surface area contributed by atoms with E-state index in [1.807, 2.05) is 12.3 Å². The smallest absolute Gasteiger partial charge is 0.328 e. The number of aliphatic carboxylic acids is 2. The molecule has 4 N–H and O–H groups in total. The largest absolute Gasteiger partial charge is 0.478 e. The van der Waals surface area contributed by atoms with Gasteiger partial charge >= 0.3 is 11.9 Å². The maximum atomic E-state index is 11.7. The monoisotopic (exact) mass is 453 g/mol. The standard InChI is InChI=1S/C15H23N5O2S.C4H4O4/c1-16-23(21,22)9-11-3-5-12(6-4-11)20(2)15-13-7-8-17-14(13)18-10-19-15;5-3(6)1-2-4(7)8/h7-8,10-12,16H,3-6,9H2,1-2H3,(H,17,18,19);1-2H,(H,5,6)(H,7,8)/b;2-1+. The van der Waals surface area contributed by atoms with Gasteiger partial charge in [0.2, 0.25) is 10.0 Å². The minimum atomic E-state index is -3.12. The van der Waals surface area contributed by atoms with Gasteiger partial charge in [-0.05, 0) is 44.7 Å². The lowest BCUT2D eigenvalue weighted by Gasteiger charge is -2.35. The molecular formula is C19H27N5O6S. The van der Waals surface area contributed by atoms with Crippen LogP contribution in [-0.4, -0.2) is 71.4 Å². The fourth-order valence-electron chi connectivity index (χ4n) is 3.55. The van der Waals surface area contributed by atoms with Gasteiger partial charge < -0.3 is 20.1 Å². The van der Waals surface area contributed by atoms with Crippen molar-refractivity contribution in [3.8, 4) is 0 Å². The molecule has 2 aromatic rings. The topological polar surface area (TPSA) is 166 Å². The molecule has 31 heavy (non-hydrogen) atoms. The van der Waals surface area contributed by atoms with Gasteiger partial charge in [0.05, 0.1) is 11.1 Å². The van der Waals surface area contributed by atoms with E-state index < -0.39 is 22.0 Å². The minimum Gasteiger partial charge on any atom is -0.478 e. The number of carboxylic acid groups (broad SMARTS) is 2. The van der Waals surface area contributed by atoms with Crippen molar-refractivity contribution >= 4 is 38.8 Å². The highest BCUT2D eigenvalue weighted by atomic mass is 32.2. The molecule has 0 bridgehead atoms. The number of hydrogen-bond donors (Lipinski definition) is 4. The predicted octanol–water partition coefficient (Wildman–Crippen LogP) is 1.21. The van der Waals surface area contributed by atoms with E-state index in [9.17, 15) is 18.0 Å². The van der Waals surface area contributed by atoms with Gasteiger partial charge in [-0.25, -0.2) is 32.7 Å². The molecule has 0 saturated heterocycles. The molecule has 0 amide bonds. The van der Waals surface area contributed by atoms with Crippen LogP contribution in [0.5, 0.6) is 0 Å². The van der Waals surface area contributed by atoms with Gasteiger partial charge in [-0.2, -0.15) is 0 Å². The van der Waals surface area contributed by atoms with Crippen molar-refractivity contribution in [2.24, 2.45) is 5.92 Å². The third-order valence-corrected chi connectivity index (χ3v) is 6.70. The molecule has 1 saturated carbocycles. The summed E-state index contributed by atoms with van der Waals surface area (Å²) in [6.07, 6.45) is 8.39. The number of carbonyl (C=O) groups is 2. The van der Waals surface area contributed by atoms with Crippen LogP contribution in [0.2, 0.25) is 0 Å². The Morgan fingerprint density at radius 2 is 1.81 bits per heavy atom. The van der Waals surface area contributed by atoms with Crippen molar-refractivity contribution < 1.29 is 28.2 Å². The minimum absolute atomic E-state index is 0.232. The SMILES string of the molecule is CNS(=O)(=O)CC1CCC(N(C)c2ncnc3[nH]ccc23)CC1.O=C(O)/C=C/C(=O)O. The molecule has 0 radical (unpaired) electrons. The lowest BCUT2D eigenvalue weighted by molar-refractivity contribution is -0.134. The summed E-state index contributed by atoms with van der Waals surface area (Å²) < 4.78 is 25.8. The number of anilines is 1. The molecule has 3 rings (SSSR count). The summed E-state index contributed by atoms with van der Waals surface area (Å²) in [6.45, 7) is 0. The lowest BCUT2D eigenvalue weighted by atomic mass is 9.86. The molecule has 2 aromatic heterocycles. The fraction of sp³-hybridized carbons (Fsp3) is 0.474. The van der Waals surface area contributed by atoms with Crippen LogP contribution in [0.4, 0.5) is 5.82 Å². The maximum Gasteiger partial charge on any atom is 0.328 e. The van der Waals surface area contributed by atoms with Crippen LogP contribution in [-0.2, 0) is 19.6 Å². The maximum absolute atomic E-state index is 11.7. The highest BCUT2D eigenvalue weighted by Gasteiger charge is 2.28. The van der Waals surface area contributed by atoms with Crippen LogP contribution >= 0.6 is 0 Å². The third-order valence-electron chi connectivity index (χ3n) is 5.17. The Bertz CT molecular complexity index is 1010. The van der Waals surface area contributed by atoms with Gasteiger partial charge in [0.1, 0.15) is 17.8 Å². The van der Waals surface area contributed by atoms with E-state index in [1.165, 1.54) is 7.05 Å². The molecule has 2 heterocycles. The predicted molar refractivity (Wildman–Crippen MR) is 115 cm³/mol. The third kappa shape index (κ3) is 7.33. The van der Waals surface area contributed by atoms with Crippen LogP contribution in [0.15, 0.2) is 30.7 Å². The van der Waals surface area contributed by atoms with Crippen LogP contribution in [0, 0.1) is 5.92 Å². The number of aromatic nitrogens is 3. The van der Waals surface area contributed by atoms with E-state index in [2.05, 4.69) is 31.6 Å². The summed E-state index contributed by atoms with van der Waals surface area (Å²) in [5.74, 6) is -1.10. The Kier molecular flexibility index (Phi) is 8.51. The number of nitrogens with one attached hydrogen (secondary N) is 2. The number of fused-ring (bicyclic) bond motifs is 1. The molecular weight excluding hydrogens is 426 g/mol. The summed E-state index contributed by atoms with van der Waals surface area (Å²) in [5.41, 5.74) is 0.843. The van der Waals surface area contributed by atoms with Gasteiger partial charge in [0.15, 0.2) is 0 Å². The van der Waals surface area contributed by atoms with E-state index in [0.717, 1.165) is 42.5 Å². The molecule has 0 spiro atoms. The average molecular weight is 454 g/mol. The van der Waals surface area contributed by atoms with E-state index >= 15 is 0 Å². The summed E-state index contributed by atoms with van der Waals surface area (Å²) in [5, 5.41) is 16.6. The normalized spacial score (nSPS) is 19.0. The fourth-order valence-corrected chi connectivity index (χ4v) is 4.67. The highest BCUT2D eigenvalue weighted by molar-refractivity contribution is 7.89. The first-order valence-corrected chi connectivity index (χ1v) is 11.3. The van der Waals surface area contributed by atoms with Gasteiger partial charge in [-0.15, -0.1) is 0 Å². The number of nitrogens with zero attached hydrogens (tertiary/aromatic N) is 3. The van der Waals surface area contributed by atoms with Crippen molar-refractivity contribution in [3.05, 3.63) is 30.7 Å². The number of sulfonamides is 1. The van der Waals surface area contributed by atoms with Gasteiger partial charge in [0.25, 0.3) is 0 Å². The first-order valence-electron chi connectivity index (χ1n) is 9.69. The number of rotatable bonds is 7. The van der Waals surface area contributed by atoms with Crippen molar-refractivity contribution in [1.29, 1.82) is 0 Å². The first-order chi connectivity index (χ1) is 14.6. The van der Waals surface area contributed by atoms with Crippen molar-refractivity contribution in [3.63, 3.8) is 0 Å². The molecule has 170 valence electrons. The number of aromatic amines is 1. The van der Waals surface area contributed by atoms with E-state index in [0.29, 0.717) is 18.2 Å². The Balaban J connectivity index is 0.000000366. The second-order valence-corrected chi connectivity index (χ2v) is 9.19. The average Bonchev–Trinajstić information content (AvgIpc) is 3.21. The van der Waals surface area contributed by atoms with Crippen molar-refractivity contribution in [2.45, 2.75) is 31.7 Å². The summed E-state index contributed by atoms with van der Waals surface area (Å²) in [4.78, 5) is 33.1. The summed E-state index contributed by atoms with van der Waals surface area (Å²) in [7, 11) is 0.419. The molecule has 1 aliphatic rings. The summed E-state index contributed by atoms with van der Waals surface area (Å²) >= 11 is 0. The van der Waals surface area contributed by atoms with Crippen LogP contribution < -0.4 is 9.62 Å². The summed E-state index contributed by atoms with van der Waals surface area (Å²) in [6, 6.07) is 2.38. The molecule has 11 nitrogen and oxygen atoms in total. The zero-order valence-electron chi connectivity index (χ0n) is 17.4. The Labute approximate surface area is 180 Å². The molecule has 12 heteroatoms. The van der Waals surface area contributed by atoms with Gasteiger partial charge in [-0.3, -0.25) is 0 Å². The van der Waals surface area contributed by atoms with Crippen LogP contribution in [0.3, 0.4) is 0 Å². The number of hydrogen-bond acceptors (Lipinski definition) is 7. The Morgan fingerprint density at radius 3 is 2.35 bits per heavy atom. The molecule has 0 unspecified atom stereocenters. The van der Waals surface area contributed by atoms with E-state index in [1.54, 1.807) is 6.33 Å². The Morgan fingerprint density at radius 1 is 1.19 bits per heavy atom. The molecule has 0 aliphatic heterocycles. The van der Waals surface area contributed by atoms with E-state index in [4.69, 9.17) is 10.2 Å². The van der Waals surface area contributed by atoms with Crippen LogP contribution in [0.25, 0.3) is 11.0 Å². The molecule has 1 aliphatic carbocycles. The van der Waals surface area contributed by atoms with Crippen molar-refractivity contribution in [2.75, 3.05) is 24.7 Å². The highest BCUT2D eigenvalue weighted by Crippen LogP contribution is 2.31. The quantitative estimate of drug-likeness (QED) is 0.451. The zero-order valence-corrected chi connectivity index (χ0v) is 18.2. The van der Waals surface area contributed by atoms with Gasteiger partial charge in [-0.1, -0.05) is 0 Å². The van der Waals surface area contributed by atoms with Crippen LogP contribution in [0.1, 0.15) is 25.7 Å². The number of carboxylic acids is 2. The van der Waals surface area contributed by atoms with Crippen molar-refractivity contribution in [1.82, 2.24) is 19.7 Å². The first kappa shape index (κ1) is 24.3. The molecule has 1 fully saturated rings. The Hall–Kier alpha value is -2.99. The van der Waals surface area contributed by atoms with E-state index in [-0.39, 0.29) is 11.7 Å². The molecule has 0 atom stereocenters. The second kappa shape index (κ2) is 10.9. The zero-order chi connectivity index (χ0) is 23.0. The molecule has 0 aromatic carbocycles. The number of H-pyrrole nitrogens is 1. The lowest BCUT2D eigenvalue weighted by Crippen LogP contribution is -2.37. The second-order valence-electron chi connectivity index (χ2n) is 7.22. The van der Waals surface area contributed by atoms with Gasteiger partial charge in [0, 0.05) is 31.4 Å².